The molecule has 0 saturated heterocycles. The van der Waals surface area contributed by atoms with E-state index in [0.717, 1.165) is 0 Å². The van der Waals surface area contributed by atoms with Crippen molar-refractivity contribution in [2.45, 2.75) is 51.9 Å². The molecular formula is C15H24O2. The van der Waals surface area contributed by atoms with Crippen LogP contribution in [-0.2, 0) is 10.8 Å². The Labute approximate surface area is 133 Å². The molecule has 0 aromatic heterocycles. The minimum atomic E-state index is -4.20. The molecule has 0 unspecified atom stereocenters. The van der Waals surface area contributed by atoms with E-state index in [0.29, 0.717) is 7.11 Å². The Morgan fingerprint density at radius 2 is 1.47 bits per heavy atom. The third-order valence-electron chi connectivity index (χ3n) is 1.90. The first-order chi connectivity index (χ1) is 15.9. The molecule has 0 heterocycles. The van der Waals surface area contributed by atoms with Crippen molar-refractivity contribution in [1.82, 2.24) is 0 Å². The van der Waals surface area contributed by atoms with Crippen molar-refractivity contribution in [3.8, 4) is 11.5 Å². The van der Waals surface area contributed by atoms with Crippen LogP contribution >= 0.6 is 0 Å². The lowest BCUT2D eigenvalue weighted by molar-refractivity contribution is 0.395. The van der Waals surface area contributed by atoms with E-state index in [-0.39, 0.29) is 0 Å². The summed E-state index contributed by atoms with van der Waals surface area (Å²) in [6.07, 6.45) is 0. The quantitative estimate of drug-likeness (QED) is 0.823. The van der Waals surface area contributed by atoms with Crippen molar-refractivity contribution in [3.63, 3.8) is 0 Å². The number of phenols is 1. The molecule has 96 valence electrons. The van der Waals surface area contributed by atoms with Gasteiger partial charge in [-0.2, -0.15) is 0 Å². The molecule has 1 N–H and O–H groups in total. The summed E-state index contributed by atoms with van der Waals surface area (Å²) in [5.41, 5.74) is -12.1. The van der Waals surface area contributed by atoms with E-state index in [1.165, 1.54) is 0 Å². The highest BCUT2D eigenvalue weighted by Crippen LogP contribution is 2.41. The second-order valence-corrected chi connectivity index (χ2v) is 3.38. The van der Waals surface area contributed by atoms with Gasteiger partial charge in [0.25, 0.3) is 0 Å². The van der Waals surface area contributed by atoms with Crippen molar-refractivity contribution in [3.05, 3.63) is 23.2 Å². The maximum absolute atomic E-state index is 11.2. The average Bonchev–Trinajstić information content (AvgIpc) is 2.55. The molecule has 0 aliphatic rings. The maximum Gasteiger partial charge on any atom is 0.123 e. The van der Waals surface area contributed by atoms with Crippen molar-refractivity contribution < 1.29 is 37.3 Å². The Morgan fingerprint density at radius 3 is 1.76 bits per heavy atom. The summed E-state index contributed by atoms with van der Waals surface area (Å²) in [6, 6.07) is -3.01. The van der Waals surface area contributed by atoms with Crippen LogP contribution in [0.25, 0.3) is 0 Å². The van der Waals surface area contributed by atoms with Crippen LogP contribution in [0.1, 0.15) is 79.7 Å². The van der Waals surface area contributed by atoms with E-state index in [1.807, 2.05) is 0 Å². The lowest BCUT2D eigenvalue weighted by Crippen LogP contribution is -2.17. The lowest BCUT2D eigenvalue weighted by Gasteiger charge is -2.27. The van der Waals surface area contributed by atoms with Crippen LogP contribution in [0.15, 0.2) is 12.1 Å². The molecule has 2 nitrogen and oxygen atoms in total. The Kier molecular flexibility index (Phi) is 0.676. The molecule has 0 aliphatic heterocycles. The third-order valence-corrected chi connectivity index (χ3v) is 1.90. The Balaban J connectivity index is 4.97. The summed E-state index contributed by atoms with van der Waals surface area (Å²) in [4.78, 5) is 0. The van der Waals surface area contributed by atoms with Gasteiger partial charge in [-0.3, -0.25) is 0 Å². The highest BCUT2D eigenvalue weighted by molar-refractivity contribution is 5.51. The van der Waals surface area contributed by atoms with Gasteiger partial charge in [0.05, 0.1) is 9.85 Å². The molecule has 0 radical (unpaired) electrons. The molecule has 0 bridgehead atoms. The summed E-state index contributed by atoms with van der Waals surface area (Å²) in [6.45, 7) is -24.8. The number of rotatable bonds is 1. The van der Waals surface area contributed by atoms with E-state index < -0.39 is 86.7 Å². The molecule has 0 spiro atoms. The fourth-order valence-electron chi connectivity index (χ4n) is 1.15. The van der Waals surface area contributed by atoms with Crippen molar-refractivity contribution in [1.29, 1.82) is 0 Å². The van der Waals surface area contributed by atoms with Gasteiger partial charge in [0.15, 0.2) is 0 Å². The number of methoxy groups -OCH3 is 1. The van der Waals surface area contributed by atoms with Crippen LogP contribution in [0.5, 0.6) is 11.5 Å². The average molecular weight is 256 g/mol. The summed E-state index contributed by atoms with van der Waals surface area (Å²) >= 11 is 0. The van der Waals surface area contributed by atoms with Crippen LogP contribution in [-0.4, -0.2) is 12.2 Å². The highest BCUT2D eigenvalue weighted by atomic mass is 16.5. The summed E-state index contributed by atoms with van der Waals surface area (Å²) in [5, 5.41) is 11.2. The standard InChI is InChI=1S/C15H24O2/c1-14(2,3)11-8-10(17-7)9-12(13(11)16)15(4,5)6/h8-9,16H,1-7H3/i1D3,2D3,3D3,4D3,5D3,6D3,8D,9D. The summed E-state index contributed by atoms with van der Waals surface area (Å²) < 4.78 is 163. The molecule has 1 aromatic rings. The molecule has 0 saturated carbocycles. The van der Waals surface area contributed by atoms with Crippen LogP contribution in [0.2, 0.25) is 0 Å². The van der Waals surface area contributed by atoms with Gasteiger partial charge >= 0.3 is 0 Å². The summed E-state index contributed by atoms with van der Waals surface area (Å²) in [7, 11) is 0.708. The van der Waals surface area contributed by atoms with Crippen LogP contribution < -0.4 is 4.74 Å². The number of phenolic OH excluding ortho intramolecular Hbond substituents is 1. The van der Waals surface area contributed by atoms with Crippen molar-refractivity contribution in [2.24, 2.45) is 0 Å². The van der Waals surface area contributed by atoms with E-state index in [4.69, 9.17) is 32.2 Å². The Hall–Kier alpha value is -1.18. The van der Waals surface area contributed by atoms with Gasteiger partial charge in [0.2, 0.25) is 0 Å². The molecule has 0 atom stereocenters. The molecule has 1 rings (SSSR count). The largest absolute Gasteiger partial charge is 0.507 e. The molecular weight excluding hydrogens is 212 g/mol. The minimum absolute atomic E-state index is 0.708. The molecule has 17 heavy (non-hydrogen) atoms. The molecule has 0 amide bonds. The second-order valence-electron chi connectivity index (χ2n) is 3.38. The smallest absolute Gasteiger partial charge is 0.123 e. The van der Waals surface area contributed by atoms with Crippen LogP contribution in [0.4, 0.5) is 0 Å². The van der Waals surface area contributed by atoms with Crippen LogP contribution in [0, 0.1) is 0 Å². The normalized spacial score (nSPS) is 34.4. The highest BCUT2D eigenvalue weighted by Gasteiger charge is 2.26. The predicted octanol–water partition coefficient (Wildman–Crippen LogP) is 4.00. The molecule has 1 aromatic carbocycles. The van der Waals surface area contributed by atoms with E-state index in [9.17, 15) is 5.11 Å². The fourth-order valence-corrected chi connectivity index (χ4v) is 1.15. The predicted molar refractivity (Wildman–Crippen MR) is 72.1 cm³/mol. The number of ether oxygens (including phenoxy) is 1. The molecule has 0 fully saturated rings. The third kappa shape index (κ3) is 2.93. The Morgan fingerprint density at radius 1 is 1.06 bits per heavy atom. The first-order valence-corrected chi connectivity index (χ1v) is 4.34. The van der Waals surface area contributed by atoms with Gasteiger partial charge in [-0.1, -0.05) is 41.1 Å². The minimum Gasteiger partial charge on any atom is -0.507 e. The van der Waals surface area contributed by atoms with E-state index >= 15 is 0 Å². The zero-order valence-electron chi connectivity index (χ0n) is 28.9. The zero-order chi connectivity index (χ0) is 30.2. The maximum atomic E-state index is 11.2. The van der Waals surface area contributed by atoms with Gasteiger partial charge in [0, 0.05) is 35.8 Å². The fraction of sp³-hybridized carbons (Fsp3) is 0.600. The van der Waals surface area contributed by atoms with E-state index in [1.54, 1.807) is 0 Å². The lowest BCUT2D eigenvalue weighted by atomic mass is 9.79. The SMILES string of the molecule is [2H]c1c(OC)c([2H])c(C(C([2H])([2H])[2H])(C([2H])([2H])[2H])C([2H])([2H])[2H])c(O)c1C(C([2H])([2H])[2H])(C([2H])([2H])[2H])C([2H])([2H])[2H]. The van der Waals surface area contributed by atoms with Gasteiger partial charge in [-0.25, -0.2) is 0 Å². The van der Waals surface area contributed by atoms with E-state index in [2.05, 4.69) is 0 Å². The topological polar surface area (TPSA) is 29.5 Å². The number of aromatic hydroxyl groups is 1. The van der Waals surface area contributed by atoms with Crippen LogP contribution in [0.3, 0.4) is 0 Å². The number of benzene rings is 1. The van der Waals surface area contributed by atoms with Gasteiger partial charge in [0.1, 0.15) is 11.5 Å². The van der Waals surface area contributed by atoms with Gasteiger partial charge in [-0.05, 0) is 22.9 Å². The Bertz CT molecular complexity index is 867. The molecule has 2 heteroatoms. The zero-order valence-corrected chi connectivity index (χ0v) is 8.86. The number of hydrogen-bond acceptors (Lipinski definition) is 2. The second kappa shape index (κ2) is 4.25. The summed E-state index contributed by atoms with van der Waals surface area (Å²) in [5.74, 6) is -3.32. The first kappa shape index (κ1) is 2.71. The number of hydrogen-bond donors (Lipinski definition) is 1. The van der Waals surface area contributed by atoms with Gasteiger partial charge in [-0.15, -0.1) is 0 Å². The molecule has 0 aliphatic carbocycles. The van der Waals surface area contributed by atoms with Crippen molar-refractivity contribution >= 4 is 0 Å². The van der Waals surface area contributed by atoms with Gasteiger partial charge < -0.3 is 9.84 Å². The first-order valence-electron chi connectivity index (χ1n) is 14.3. The monoisotopic (exact) mass is 256 g/mol. The van der Waals surface area contributed by atoms with Crippen molar-refractivity contribution in [2.75, 3.05) is 7.11 Å².